The molecule has 7 heteroatoms. The number of hydrazone groups is 1. The first-order valence-corrected chi connectivity index (χ1v) is 10.8. The number of thiazole rings is 1. The van der Waals surface area contributed by atoms with E-state index in [4.69, 9.17) is 0 Å². The van der Waals surface area contributed by atoms with Crippen molar-refractivity contribution in [3.05, 3.63) is 59.7 Å². The summed E-state index contributed by atoms with van der Waals surface area (Å²) in [6.07, 6.45) is 1.76. The molecule has 30 heavy (non-hydrogen) atoms. The van der Waals surface area contributed by atoms with Crippen LogP contribution in [-0.2, 0) is 4.79 Å². The van der Waals surface area contributed by atoms with Crippen LogP contribution in [-0.4, -0.2) is 30.2 Å². The molecule has 2 aromatic carbocycles. The number of anilines is 3. The van der Waals surface area contributed by atoms with Crippen molar-refractivity contribution in [2.45, 2.75) is 27.7 Å². The number of nitrogens with one attached hydrogen (secondary N) is 2. The van der Waals surface area contributed by atoms with Crippen molar-refractivity contribution >= 4 is 39.3 Å². The van der Waals surface area contributed by atoms with Crippen molar-refractivity contribution in [3.63, 3.8) is 0 Å². The molecule has 6 nitrogen and oxygen atoms in total. The number of nitrogens with zero attached hydrogens (tertiary/aromatic N) is 3. The lowest BCUT2D eigenvalue weighted by molar-refractivity contribution is -0.114. The van der Waals surface area contributed by atoms with E-state index in [1.165, 1.54) is 29.5 Å². The van der Waals surface area contributed by atoms with Gasteiger partial charge in [-0.2, -0.15) is 5.10 Å². The molecule has 0 saturated carbocycles. The second-order valence-electron chi connectivity index (χ2n) is 6.88. The highest BCUT2D eigenvalue weighted by atomic mass is 32.1. The Kier molecular flexibility index (Phi) is 7.19. The van der Waals surface area contributed by atoms with Gasteiger partial charge in [-0.15, -0.1) is 0 Å². The van der Waals surface area contributed by atoms with E-state index in [2.05, 4.69) is 51.7 Å². The molecule has 0 atom stereocenters. The van der Waals surface area contributed by atoms with Crippen LogP contribution < -0.4 is 15.6 Å². The number of hydrogen-bond donors (Lipinski definition) is 2. The Morgan fingerprint density at radius 2 is 1.77 bits per heavy atom. The van der Waals surface area contributed by atoms with Gasteiger partial charge in [0.15, 0.2) is 0 Å². The van der Waals surface area contributed by atoms with Crippen LogP contribution in [0.25, 0.3) is 11.3 Å². The molecular weight excluding hydrogens is 394 g/mol. The van der Waals surface area contributed by atoms with Crippen molar-refractivity contribution in [2.24, 2.45) is 5.10 Å². The van der Waals surface area contributed by atoms with Crippen LogP contribution in [0.3, 0.4) is 0 Å². The molecule has 0 radical (unpaired) electrons. The van der Waals surface area contributed by atoms with Gasteiger partial charge in [-0.25, -0.2) is 4.98 Å². The van der Waals surface area contributed by atoms with Gasteiger partial charge in [-0.1, -0.05) is 53.3 Å². The van der Waals surface area contributed by atoms with Crippen LogP contribution in [0.5, 0.6) is 0 Å². The third-order valence-corrected chi connectivity index (χ3v) is 5.51. The van der Waals surface area contributed by atoms with E-state index in [0.29, 0.717) is 10.1 Å². The number of amides is 1. The van der Waals surface area contributed by atoms with Crippen molar-refractivity contribution in [1.29, 1.82) is 0 Å². The average Bonchev–Trinajstić information content (AvgIpc) is 3.12. The number of rotatable bonds is 8. The Morgan fingerprint density at radius 3 is 2.37 bits per heavy atom. The summed E-state index contributed by atoms with van der Waals surface area (Å²) in [4.78, 5) is 18.5. The predicted molar refractivity (Wildman–Crippen MR) is 128 cm³/mol. The molecule has 3 rings (SSSR count). The number of carbonyl (C=O) groups excluding carboxylic acids is 1. The summed E-state index contributed by atoms with van der Waals surface area (Å²) in [7, 11) is 0. The third-order valence-electron chi connectivity index (χ3n) is 4.64. The lowest BCUT2D eigenvalue weighted by Crippen LogP contribution is -2.21. The van der Waals surface area contributed by atoms with Gasteiger partial charge in [-0.3, -0.25) is 10.2 Å². The highest BCUT2D eigenvalue weighted by Gasteiger charge is 2.14. The Balaban J connectivity index is 1.74. The maximum Gasteiger partial charge on any atom is 0.221 e. The molecule has 0 saturated heterocycles. The summed E-state index contributed by atoms with van der Waals surface area (Å²) in [5.74, 6) is -0.129. The first-order valence-electron chi connectivity index (χ1n) is 9.99. The van der Waals surface area contributed by atoms with Gasteiger partial charge in [0, 0.05) is 31.3 Å². The smallest absolute Gasteiger partial charge is 0.221 e. The van der Waals surface area contributed by atoms with E-state index in [9.17, 15) is 4.79 Å². The summed E-state index contributed by atoms with van der Waals surface area (Å²) >= 11 is 1.36. The number of aryl methyl sites for hydroxylation is 1. The third kappa shape index (κ3) is 5.45. The predicted octanol–water partition coefficient (Wildman–Crippen LogP) is 5.37. The van der Waals surface area contributed by atoms with E-state index < -0.39 is 0 Å². The molecule has 0 aliphatic carbocycles. The summed E-state index contributed by atoms with van der Waals surface area (Å²) in [5, 5.41) is 8.50. The van der Waals surface area contributed by atoms with E-state index >= 15 is 0 Å². The van der Waals surface area contributed by atoms with Crippen LogP contribution in [0.1, 0.15) is 31.9 Å². The van der Waals surface area contributed by atoms with Crippen LogP contribution in [0.2, 0.25) is 0 Å². The number of hydrogen-bond acceptors (Lipinski definition) is 6. The number of carbonyl (C=O) groups is 1. The minimum Gasteiger partial charge on any atom is -0.372 e. The van der Waals surface area contributed by atoms with Gasteiger partial charge >= 0.3 is 0 Å². The number of benzene rings is 2. The molecule has 0 fully saturated rings. The summed E-state index contributed by atoms with van der Waals surface area (Å²) < 4.78 is 0. The summed E-state index contributed by atoms with van der Waals surface area (Å²) in [6.45, 7) is 9.79. The van der Waals surface area contributed by atoms with Crippen LogP contribution in [0, 0.1) is 6.92 Å². The number of aromatic nitrogens is 1. The second kappa shape index (κ2) is 10.0. The molecule has 2 N–H and O–H groups in total. The highest BCUT2D eigenvalue weighted by Crippen LogP contribution is 2.36. The molecule has 156 valence electrons. The minimum atomic E-state index is -0.129. The first kappa shape index (κ1) is 21.5. The normalized spacial score (nSPS) is 10.9. The Morgan fingerprint density at radius 1 is 1.10 bits per heavy atom. The van der Waals surface area contributed by atoms with Crippen molar-refractivity contribution in [3.8, 4) is 11.3 Å². The van der Waals surface area contributed by atoms with Gasteiger partial charge in [0.05, 0.1) is 6.21 Å². The fraction of sp³-hybridized carbons (Fsp3) is 0.261. The van der Waals surface area contributed by atoms with E-state index in [0.717, 1.165) is 29.9 Å². The van der Waals surface area contributed by atoms with Gasteiger partial charge in [0.1, 0.15) is 10.7 Å². The summed E-state index contributed by atoms with van der Waals surface area (Å²) in [5.41, 5.74) is 8.03. The van der Waals surface area contributed by atoms with E-state index in [1.807, 2.05) is 43.3 Å². The fourth-order valence-corrected chi connectivity index (χ4v) is 3.93. The lowest BCUT2D eigenvalue weighted by atomic mass is 10.1. The van der Waals surface area contributed by atoms with Crippen molar-refractivity contribution in [1.82, 2.24) is 4.98 Å². The standard InChI is InChI=1S/C23H27N5OS/c1-5-28(6-2)20-13-9-18(10-14-20)15-24-27-23-26-21(22(30-23)25-17(4)29)19-11-7-16(3)8-12-19/h7-15H,5-6H2,1-4H3,(H,25,29)(H,26,27). The molecule has 1 aromatic heterocycles. The maximum absolute atomic E-state index is 11.6. The molecule has 1 heterocycles. The molecule has 0 aliphatic rings. The van der Waals surface area contributed by atoms with Gasteiger partial charge in [0.25, 0.3) is 0 Å². The first-order chi connectivity index (χ1) is 14.5. The SMILES string of the molecule is CCN(CC)c1ccc(C=NNc2nc(-c3ccc(C)cc3)c(NC(C)=O)s2)cc1. The van der Waals surface area contributed by atoms with Crippen LogP contribution in [0.4, 0.5) is 15.8 Å². The minimum absolute atomic E-state index is 0.129. The Hall–Kier alpha value is -3.19. The maximum atomic E-state index is 11.6. The molecule has 3 aromatic rings. The van der Waals surface area contributed by atoms with Crippen LogP contribution in [0.15, 0.2) is 53.6 Å². The van der Waals surface area contributed by atoms with E-state index in [-0.39, 0.29) is 5.91 Å². The van der Waals surface area contributed by atoms with Gasteiger partial charge in [0.2, 0.25) is 11.0 Å². The van der Waals surface area contributed by atoms with Crippen molar-refractivity contribution < 1.29 is 4.79 Å². The molecule has 0 spiro atoms. The summed E-state index contributed by atoms with van der Waals surface area (Å²) in [6, 6.07) is 16.3. The fourth-order valence-electron chi connectivity index (χ4n) is 3.04. The topological polar surface area (TPSA) is 69.6 Å². The molecule has 0 bridgehead atoms. The van der Waals surface area contributed by atoms with E-state index in [1.54, 1.807) is 6.21 Å². The molecular formula is C23H27N5OS. The molecule has 1 amide bonds. The molecule has 0 aliphatic heterocycles. The zero-order valence-electron chi connectivity index (χ0n) is 17.8. The second-order valence-corrected chi connectivity index (χ2v) is 7.88. The lowest BCUT2D eigenvalue weighted by Gasteiger charge is -2.20. The molecule has 0 unspecified atom stereocenters. The largest absolute Gasteiger partial charge is 0.372 e. The van der Waals surface area contributed by atoms with Gasteiger partial charge < -0.3 is 10.2 Å². The van der Waals surface area contributed by atoms with Crippen LogP contribution >= 0.6 is 11.3 Å². The van der Waals surface area contributed by atoms with Crippen molar-refractivity contribution in [2.75, 3.05) is 28.7 Å². The van der Waals surface area contributed by atoms with Gasteiger partial charge in [-0.05, 0) is 38.5 Å². The Bertz CT molecular complexity index is 1010. The Labute approximate surface area is 181 Å². The average molecular weight is 422 g/mol. The highest BCUT2D eigenvalue weighted by molar-refractivity contribution is 7.20. The zero-order chi connectivity index (χ0) is 21.5. The zero-order valence-corrected chi connectivity index (χ0v) is 18.6. The monoisotopic (exact) mass is 421 g/mol. The quantitative estimate of drug-likeness (QED) is 0.379.